The van der Waals surface area contributed by atoms with E-state index in [2.05, 4.69) is 9.71 Å². The quantitative estimate of drug-likeness (QED) is 0.476. The molecule has 0 aliphatic carbocycles. The molecule has 23 heavy (non-hydrogen) atoms. The number of rotatable bonds is 3. The first-order valence-corrected chi connectivity index (χ1v) is 8.76. The van der Waals surface area contributed by atoms with Crippen LogP contribution < -0.4 is 5.32 Å². The number of halogens is 4. The highest BCUT2D eigenvalue weighted by Gasteiger charge is 2.31. The highest BCUT2D eigenvalue weighted by molar-refractivity contribution is 7.90. The third-order valence-corrected chi connectivity index (χ3v) is 4.46. The van der Waals surface area contributed by atoms with Gasteiger partial charge in [0.05, 0.1) is 4.90 Å². The molecule has 0 aromatic heterocycles. The normalized spacial score (nSPS) is 13.0. The third kappa shape index (κ3) is 5.07. The lowest BCUT2D eigenvalue weighted by Crippen LogP contribution is -2.29. The standard InChI is InChI=1S/C14H10Cl3FN2O2S/c15-14(16,17)13(19-11-8-6-10(18)7-9-11)20-23(21,22)12-4-2-1-3-5-12/h1-9H,(H,19,20). The Morgan fingerprint density at radius 3 is 2.09 bits per heavy atom. The summed E-state index contributed by atoms with van der Waals surface area (Å²) in [7, 11) is -4.07. The summed E-state index contributed by atoms with van der Waals surface area (Å²) in [6, 6.07) is 12.5. The van der Waals surface area contributed by atoms with Gasteiger partial charge in [0, 0.05) is 5.69 Å². The fourth-order valence-corrected chi connectivity index (χ4v) is 3.03. The zero-order chi connectivity index (χ0) is 17.1. The maximum Gasteiger partial charge on any atom is 0.284 e. The van der Waals surface area contributed by atoms with Gasteiger partial charge in [-0.3, -0.25) is 0 Å². The lowest BCUT2D eigenvalue weighted by Gasteiger charge is -2.16. The van der Waals surface area contributed by atoms with Crippen LogP contribution in [0.15, 0.2) is 63.9 Å². The summed E-state index contributed by atoms with van der Waals surface area (Å²) in [5.41, 5.74) is 0.319. The number of hydrogen-bond donors (Lipinski definition) is 1. The van der Waals surface area contributed by atoms with Crippen molar-refractivity contribution in [1.29, 1.82) is 0 Å². The monoisotopic (exact) mass is 394 g/mol. The zero-order valence-corrected chi connectivity index (χ0v) is 14.5. The number of sulfonamides is 1. The first kappa shape index (κ1) is 18.0. The molecule has 2 aromatic rings. The Labute approximate surface area is 147 Å². The van der Waals surface area contributed by atoms with E-state index < -0.39 is 25.5 Å². The molecule has 0 unspecified atom stereocenters. The number of anilines is 1. The van der Waals surface area contributed by atoms with Crippen LogP contribution in [0, 0.1) is 5.82 Å². The van der Waals surface area contributed by atoms with Crippen LogP contribution in [-0.2, 0) is 10.0 Å². The maximum atomic E-state index is 12.9. The molecule has 0 fully saturated rings. The van der Waals surface area contributed by atoms with Gasteiger partial charge in [0.1, 0.15) is 5.82 Å². The van der Waals surface area contributed by atoms with Gasteiger partial charge in [0.25, 0.3) is 10.0 Å². The zero-order valence-electron chi connectivity index (χ0n) is 11.4. The Morgan fingerprint density at radius 1 is 1.00 bits per heavy atom. The van der Waals surface area contributed by atoms with E-state index in [1.165, 1.54) is 36.4 Å². The molecule has 0 saturated heterocycles. The lowest BCUT2D eigenvalue weighted by molar-refractivity contribution is 0.598. The molecular weight excluding hydrogens is 386 g/mol. The van der Waals surface area contributed by atoms with Crippen LogP contribution in [0.1, 0.15) is 0 Å². The van der Waals surface area contributed by atoms with E-state index >= 15 is 0 Å². The van der Waals surface area contributed by atoms with Gasteiger partial charge in [-0.05, 0) is 36.4 Å². The van der Waals surface area contributed by atoms with Crippen molar-refractivity contribution in [2.75, 3.05) is 5.32 Å². The van der Waals surface area contributed by atoms with Gasteiger partial charge in [-0.25, -0.2) is 4.39 Å². The third-order valence-electron chi connectivity index (χ3n) is 2.63. The van der Waals surface area contributed by atoms with Crippen molar-refractivity contribution in [1.82, 2.24) is 0 Å². The fourth-order valence-electron chi connectivity index (χ4n) is 1.58. The summed E-state index contributed by atoms with van der Waals surface area (Å²) < 4.78 is 38.9. The second-order valence-corrected chi connectivity index (χ2v) is 8.24. The van der Waals surface area contributed by atoms with Crippen LogP contribution in [0.4, 0.5) is 10.1 Å². The smallest absolute Gasteiger partial charge is 0.284 e. The Kier molecular flexibility index (Phi) is 5.52. The minimum atomic E-state index is -4.07. The van der Waals surface area contributed by atoms with E-state index in [1.807, 2.05) is 0 Å². The number of nitrogens with zero attached hydrogens (tertiary/aromatic N) is 1. The molecule has 0 atom stereocenters. The predicted octanol–water partition coefficient (Wildman–Crippen LogP) is 4.40. The molecule has 2 aromatic carbocycles. The molecule has 0 aliphatic heterocycles. The van der Waals surface area contributed by atoms with Crippen molar-refractivity contribution >= 4 is 56.3 Å². The number of alkyl halides is 3. The average Bonchev–Trinajstić information content (AvgIpc) is 2.48. The molecule has 0 spiro atoms. The second kappa shape index (κ2) is 7.05. The van der Waals surface area contributed by atoms with E-state index in [-0.39, 0.29) is 4.90 Å². The Morgan fingerprint density at radius 2 is 1.57 bits per heavy atom. The fraction of sp³-hybridized carbons (Fsp3) is 0.0714. The van der Waals surface area contributed by atoms with Gasteiger partial charge < -0.3 is 5.32 Å². The van der Waals surface area contributed by atoms with E-state index in [1.54, 1.807) is 18.2 Å². The topological polar surface area (TPSA) is 58.5 Å². The summed E-state index contributed by atoms with van der Waals surface area (Å²) in [5.74, 6) is -0.877. The lowest BCUT2D eigenvalue weighted by atomic mass is 10.3. The molecular formula is C14H10Cl3FN2O2S. The van der Waals surface area contributed by atoms with E-state index in [4.69, 9.17) is 34.8 Å². The van der Waals surface area contributed by atoms with Gasteiger partial charge in [0.2, 0.25) is 3.79 Å². The van der Waals surface area contributed by atoms with E-state index in [0.717, 1.165) is 0 Å². The largest absolute Gasteiger partial charge is 0.339 e. The summed E-state index contributed by atoms with van der Waals surface area (Å²) >= 11 is 17.3. The van der Waals surface area contributed by atoms with Crippen molar-refractivity contribution in [2.24, 2.45) is 4.40 Å². The molecule has 2 rings (SSSR count). The predicted molar refractivity (Wildman–Crippen MR) is 91.4 cm³/mol. The molecule has 0 radical (unpaired) electrons. The Balaban J connectivity index is 2.41. The summed E-state index contributed by atoms with van der Waals surface area (Å²) in [5, 5.41) is 2.58. The van der Waals surface area contributed by atoms with Crippen molar-refractivity contribution in [3.05, 3.63) is 60.4 Å². The maximum absolute atomic E-state index is 12.9. The highest BCUT2D eigenvalue weighted by Crippen LogP contribution is 2.30. The molecule has 0 heterocycles. The van der Waals surface area contributed by atoms with Crippen LogP contribution in [0.2, 0.25) is 0 Å². The van der Waals surface area contributed by atoms with Crippen LogP contribution >= 0.6 is 34.8 Å². The molecule has 1 N–H and O–H groups in total. The average molecular weight is 396 g/mol. The highest BCUT2D eigenvalue weighted by atomic mass is 35.6. The molecule has 4 nitrogen and oxygen atoms in total. The number of hydrogen-bond acceptors (Lipinski definition) is 2. The van der Waals surface area contributed by atoms with Gasteiger partial charge >= 0.3 is 0 Å². The molecule has 0 aliphatic rings. The van der Waals surface area contributed by atoms with Crippen molar-refractivity contribution < 1.29 is 12.8 Å². The first-order valence-electron chi connectivity index (χ1n) is 6.18. The number of benzene rings is 2. The van der Waals surface area contributed by atoms with Crippen LogP contribution in [0.25, 0.3) is 0 Å². The molecule has 9 heteroatoms. The minimum Gasteiger partial charge on any atom is -0.339 e. The van der Waals surface area contributed by atoms with Crippen molar-refractivity contribution in [3.63, 3.8) is 0 Å². The van der Waals surface area contributed by atoms with Gasteiger partial charge in [-0.2, -0.15) is 8.42 Å². The summed E-state index contributed by atoms with van der Waals surface area (Å²) in [4.78, 5) is -0.0485. The SMILES string of the molecule is O=S(=O)(/N=C(/Nc1ccc(F)cc1)C(Cl)(Cl)Cl)c1ccccc1. The number of amidine groups is 1. The second-order valence-electron chi connectivity index (χ2n) is 4.36. The van der Waals surface area contributed by atoms with Crippen molar-refractivity contribution in [2.45, 2.75) is 8.69 Å². The molecule has 0 saturated carbocycles. The van der Waals surface area contributed by atoms with Crippen LogP contribution in [0.5, 0.6) is 0 Å². The number of nitrogens with one attached hydrogen (secondary N) is 1. The van der Waals surface area contributed by atoms with Gasteiger partial charge in [0.15, 0.2) is 5.84 Å². The summed E-state index contributed by atoms with van der Waals surface area (Å²) in [6.45, 7) is 0. The summed E-state index contributed by atoms with van der Waals surface area (Å²) in [6.07, 6.45) is 0. The van der Waals surface area contributed by atoms with Crippen molar-refractivity contribution in [3.8, 4) is 0 Å². The van der Waals surface area contributed by atoms with E-state index in [0.29, 0.717) is 5.69 Å². The first-order chi connectivity index (χ1) is 10.7. The molecule has 122 valence electrons. The van der Waals surface area contributed by atoms with E-state index in [9.17, 15) is 12.8 Å². The van der Waals surface area contributed by atoms with Gasteiger partial charge in [-0.15, -0.1) is 4.40 Å². The van der Waals surface area contributed by atoms with Crippen LogP contribution in [0.3, 0.4) is 0 Å². The Hall–Kier alpha value is -1.34. The van der Waals surface area contributed by atoms with Gasteiger partial charge in [-0.1, -0.05) is 53.0 Å². The Bertz CT molecular complexity index is 804. The molecule has 0 amide bonds. The van der Waals surface area contributed by atoms with Crippen LogP contribution in [-0.4, -0.2) is 18.0 Å². The molecule has 0 bridgehead atoms. The minimum absolute atomic E-state index is 0.0485.